The summed E-state index contributed by atoms with van der Waals surface area (Å²) >= 11 is 0. The minimum atomic E-state index is -0.734. The Kier molecular flexibility index (Phi) is 4.21. The predicted molar refractivity (Wildman–Crippen MR) is 51.6 cm³/mol. The molecule has 0 bridgehead atoms. The van der Waals surface area contributed by atoms with Gasteiger partial charge in [0.1, 0.15) is 0 Å². The van der Waals surface area contributed by atoms with Gasteiger partial charge >= 0.3 is 0 Å². The molecule has 0 aromatic carbocycles. The minimum Gasteiger partial charge on any atom is -0.392 e. The predicted octanol–water partition coefficient (Wildman–Crippen LogP) is -0.0517. The van der Waals surface area contributed by atoms with Crippen molar-refractivity contribution in [1.29, 1.82) is 5.26 Å². The van der Waals surface area contributed by atoms with Gasteiger partial charge in [-0.05, 0) is 14.1 Å². The number of hydrogen-bond acceptors (Lipinski definition) is 6. The van der Waals surface area contributed by atoms with E-state index in [0.717, 1.165) is 0 Å². The molecule has 1 N–H and O–H groups in total. The Morgan fingerprint density at radius 1 is 1.60 bits per heavy atom. The van der Waals surface area contributed by atoms with Crippen molar-refractivity contribution in [2.45, 2.75) is 25.5 Å². The summed E-state index contributed by atoms with van der Waals surface area (Å²) in [6.45, 7) is 0.595. The molecule has 0 aliphatic rings. The van der Waals surface area contributed by atoms with Crippen molar-refractivity contribution in [1.82, 2.24) is 15.0 Å². The second kappa shape index (κ2) is 5.44. The third-order valence-corrected chi connectivity index (χ3v) is 1.70. The van der Waals surface area contributed by atoms with Gasteiger partial charge in [-0.1, -0.05) is 5.16 Å². The Morgan fingerprint density at radius 2 is 2.33 bits per heavy atom. The third kappa shape index (κ3) is 4.06. The third-order valence-electron chi connectivity index (χ3n) is 1.70. The van der Waals surface area contributed by atoms with E-state index in [1.54, 1.807) is 0 Å². The molecule has 0 saturated carbocycles. The lowest BCUT2D eigenvalue weighted by atomic mass is 10.2. The first-order chi connectivity index (χ1) is 7.11. The lowest BCUT2D eigenvalue weighted by Crippen LogP contribution is -2.12. The van der Waals surface area contributed by atoms with E-state index in [4.69, 9.17) is 9.78 Å². The average Bonchev–Trinajstić information content (AvgIpc) is 2.51. The molecule has 6 heteroatoms. The van der Waals surface area contributed by atoms with E-state index in [2.05, 4.69) is 10.1 Å². The van der Waals surface area contributed by atoms with Crippen LogP contribution in [-0.2, 0) is 13.0 Å². The Bertz CT molecular complexity index is 342. The Balaban J connectivity index is 2.49. The summed E-state index contributed by atoms with van der Waals surface area (Å²) in [7, 11) is 3.81. The van der Waals surface area contributed by atoms with Crippen LogP contribution >= 0.6 is 0 Å². The summed E-state index contributed by atoms with van der Waals surface area (Å²) in [4.78, 5) is 6.00. The second-order valence-electron chi connectivity index (χ2n) is 3.56. The lowest BCUT2D eigenvalue weighted by Gasteiger charge is -2.03. The largest absolute Gasteiger partial charge is 0.392 e. The first-order valence-corrected chi connectivity index (χ1v) is 4.63. The average molecular weight is 210 g/mol. The SMILES string of the molecule is CN(C)Cc1noc(CC(O)CC#N)n1. The van der Waals surface area contributed by atoms with Crippen LogP contribution in [0.1, 0.15) is 18.1 Å². The first kappa shape index (κ1) is 11.6. The van der Waals surface area contributed by atoms with E-state index in [1.807, 2.05) is 25.1 Å². The van der Waals surface area contributed by atoms with Crippen LogP contribution in [0.5, 0.6) is 0 Å². The highest BCUT2D eigenvalue weighted by Crippen LogP contribution is 2.04. The van der Waals surface area contributed by atoms with E-state index < -0.39 is 6.10 Å². The molecule has 0 radical (unpaired) electrons. The topological polar surface area (TPSA) is 86.2 Å². The molecule has 0 fully saturated rings. The zero-order valence-corrected chi connectivity index (χ0v) is 8.84. The summed E-state index contributed by atoms with van der Waals surface area (Å²) in [5.74, 6) is 0.953. The van der Waals surface area contributed by atoms with Crippen molar-refractivity contribution < 1.29 is 9.63 Å². The molecule has 1 aromatic rings. The summed E-state index contributed by atoms with van der Waals surface area (Å²) in [5.41, 5.74) is 0. The number of nitriles is 1. The van der Waals surface area contributed by atoms with Gasteiger partial charge < -0.3 is 14.5 Å². The molecule has 1 heterocycles. The summed E-state index contributed by atoms with van der Waals surface area (Å²) in [6, 6.07) is 1.88. The van der Waals surface area contributed by atoms with E-state index in [9.17, 15) is 5.11 Å². The van der Waals surface area contributed by atoms with Crippen molar-refractivity contribution in [3.05, 3.63) is 11.7 Å². The smallest absolute Gasteiger partial charge is 0.229 e. The number of aliphatic hydroxyl groups is 1. The first-order valence-electron chi connectivity index (χ1n) is 4.63. The number of hydrogen-bond donors (Lipinski definition) is 1. The zero-order valence-electron chi connectivity index (χ0n) is 8.84. The van der Waals surface area contributed by atoms with Crippen LogP contribution in [0, 0.1) is 11.3 Å². The van der Waals surface area contributed by atoms with Crippen LogP contribution < -0.4 is 0 Å². The van der Waals surface area contributed by atoms with Crippen LogP contribution in [0.25, 0.3) is 0 Å². The molecule has 1 atom stereocenters. The summed E-state index contributed by atoms with van der Waals surface area (Å²) in [5, 5.41) is 21.4. The fraction of sp³-hybridized carbons (Fsp3) is 0.667. The molecule has 15 heavy (non-hydrogen) atoms. The Labute approximate surface area is 88.1 Å². The fourth-order valence-corrected chi connectivity index (χ4v) is 1.10. The Hall–Kier alpha value is -1.45. The molecule has 0 saturated heterocycles. The minimum absolute atomic E-state index is 0.0748. The van der Waals surface area contributed by atoms with Crippen molar-refractivity contribution >= 4 is 0 Å². The monoisotopic (exact) mass is 210 g/mol. The highest BCUT2D eigenvalue weighted by Gasteiger charge is 2.12. The Morgan fingerprint density at radius 3 is 2.93 bits per heavy atom. The van der Waals surface area contributed by atoms with E-state index >= 15 is 0 Å². The van der Waals surface area contributed by atoms with Crippen LogP contribution in [0.3, 0.4) is 0 Å². The number of aliphatic hydroxyl groups excluding tert-OH is 1. The normalized spacial score (nSPS) is 12.7. The standard InChI is InChI=1S/C9H14N4O2/c1-13(2)6-8-11-9(15-12-8)5-7(14)3-4-10/h7,14H,3,5-6H2,1-2H3. The van der Waals surface area contributed by atoms with Gasteiger partial charge in [0.15, 0.2) is 5.82 Å². The van der Waals surface area contributed by atoms with Crippen LogP contribution in [0.15, 0.2) is 4.52 Å². The second-order valence-corrected chi connectivity index (χ2v) is 3.56. The van der Waals surface area contributed by atoms with Crippen LogP contribution in [0.4, 0.5) is 0 Å². The van der Waals surface area contributed by atoms with Gasteiger partial charge in [0, 0.05) is 0 Å². The maximum absolute atomic E-state index is 9.33. The zero-order chi connectivity index (χ0) is 11.3. The molecule has 82 valence electrons. The molecule has 0 amide bonds. The van der Waals surface area contributed by atoms with Gasteiger partial charge in [0.25, 0.3) is 0 Å². The number of rotatable bonds is 5. The molecular weight excluding hydrogens is 196 g/mol. The molecule has 1 aromatic heterocycles. The van der Waals surface area contributed by atoms with E-state index in [1.165, 1.54) is 0 Å². The van der Waals surface area contributed by atoms with Gasteiger partial charge in [-0.3, -0.25) is 0 Å². The van der Waals surface area contributed by atoms with Gasteiger partial charge in [0.2, 0.25) is 5.89 Å². The van der Waals surface area contributed by atoms with Crippen LogP contribution in [0.2, 0.25) is 0 Å². The van der Waals surface area contributed by atoms with Crippen molar-refractivity contribution in [2.24, 2.45) is 0 Å². The maximum atomic E-state index is 9.33. The van der Waals surface area contributed by atoms with Crippen LogP contribution in [-0.4, -0.2) is 40.3 Å². The molecule has 1 rings (SSSR count). The van der Waals surface area contributed by atoms with Crippen molar-refractivity contribution in [2.75, 3.05) is 14.1 Å². The maximum Gasteiger partial charge on any atom is 0.229 e. The van der Waals surface area contributed by atoms with Gasteiger partial charge in [0.05, 0.1) is 31.6 Å². The highest BCUT2D eigenvalue weighted by atomic mass is 16.5. The van der Waals surface area contributed by atoms with Gasteiger partial charge in [-0.25, -0.2) is 0 Å². The highest BCUT2D eigenvalue weighted by molar-refractivity contribution is 4.89. The summed E-state index contributed by atoms with van der Waals surface area (Å²) < 4.78 is 4.93. The number of aromatic nitrogens is 2. The quantitative estimate of drug-likeness (QED) is 0.733. The molecular formula is C9H14N4O2. The van der Waals surface area contributed by atoms with Gasteiger partial charge in [-0.15, -0.1) is 0 Å². The molecule has 6 nitrogen and oxygen atoms in total. The van der Waals surface area contributed by atoms with E-state index in [-0.39, 0.29) is 12.8 Å². The molecule has 1 unspecified atom stereocenters. The molecule has 0 spiro atoms. The summed E-state index contributed by atoms with van der Waals surface area (Å²) in [6.07, 6.45) is -0.429. The lowest BCUT2D eigenvalue weighted by molar-refractivity contribution is 0.167. The van der Waals surface area contributed by atoms with Gasteiger partial charge in [-0.2, -0.15) is 10.2 Å². The van der Waals surface area contributed by atoms with E-state index in [0.29, 0.717) is 18.3 Å². The van der Waals surface area contributed by atoms with Crippen molar-refractivity contribution in [3.8, 4) is 6.07 Å². The number of nitrogens with zero attached hydrogens (tertiary/aromatic N) is 4. The van der Waals surface area contributed by atoms with Crippen molar-refractivity contribution in [3.63, 3.8) is 0 Å². The molecule has 0 aliphatic carbocycles. The molecule has 0 aliphatic heterocycles. The fourth-order valence-electron chi connectivity index (χ4n) is 1.10.